The van der Waals surface area contributed by atoms with Gasteiger partial charge in [0.05, 0.1) is 99.2 Å². The Hall–Kier alpha value is -3.72. The first kappa shape index (κ1) is 113. The first-order valence-electron chi connectivity index (χ1n) is 45.6. The Morgan fingerprint density at radius 2 is 0.600 bits per heavy atom. The summed E-state index contributed by atoms with van der Waals surface area (Å²) in [6, 6.07) is -8.17. The van der Waals surface area contributed by atoms with Gasteiger partial charge in [-0.15, -0.1) is 0 Å². The van der Waals surface area contributed by atoms with Gasteiger partial charge in [-0.3, -0.25) is 14.8 Å². The van der Waals surface area contributed by atoms with Crippen molar-refractivity contribution in [1.82, 2.24) is 5.06 Å². The number of amides is 1. The highest BCUT2D eigenvalue weighted by Gasteiger charge is 2.60. The van der Waals surface area contributed by atoms with Gasteiger partial charge in [-0.25, -0.2) is 5.06 Å². The zero-order valence-corrected chi connectivity index (χ0v) is 74.7. The molecule has 55 heteroatoms. The average molecular weight is 1960 g/mol. The lowest BCUT2D eigenvalue weighted by molar-refractivity contribution is -0.286. The molecule has 0 aromatic heterocycles. The number of hydroxylamine groups is 2. The van der Waals surface area contributed by atoms with Crippen LogP contribution in [0.1, 0.15) is 51.4 Å². The Bertz CT molecular complexity index is 3620. The van der Waals surface area contributed by atoms with Gasteiger partial charge in [0, 0.05) is 96.4 Å². The van der Waals surface area contributed by atoms with E-state index in [2.05, 4.69) is 0 Å². The van der Waals surface area contributed by atoms with Crippen molar-refractivity contribution < 1.29 is 187 Å². The van der Waals surface area contributed by atoms with Crippen LogP contribution in [0.3, 0.4) is 0 Å². The fraction of sp³-hybridized carbons (Fsp3) is 0.900. The quantitative estimate of drug-likeness (QED) is 0.0155. The van der Waals surface area contributed by atoms with E-state index < -0.39 is 332 Å². The predicted molar refractivity (Wildman–Crippen MR) is 458 cm³/mol. The lowest BCUT2D eigenvalue weighted by atomic mass is 9.77. The molecule has 51 atom stereocenters. The van der Waals surface area contributed by atoms with Crippen LogP contribution in [0.15, 0.2) is 36.5 Å². The molecule has 135 heavy (non-hydrogen) atoms. The summed E-state index contributed by atoms with van der Waals surface area (Å²) in [5.74, 6) is -2.93. The third kappa shape index (κ3) is 27.5. The van der Waals surface area contributed by atoms with Crippen molar-refractivity contribution in [1.29, 1.82) is 0 Å². The minimum absolute atomic E-state index is 0.00585. The molecule has 0 radical (unpaired) electrons. The molecule has 0 aromatic rings. The zero-order valence-electron chi connectivity index (χ0n) is 74.7. The first-order valence-corrected chi connectivity index (χ1v) is 45.6. The number of aliphatic hydroxyl groups excluding tert-OH is 17. The fourth-order valence-electron chi connectivity index (χ4n) is 18.5. The summed E-state index contributed by atoms with van der Waals surface area (Å²) in [7, 11) is 0. The Balaban J connectivity index is 0.000000210. The van der Waals surface area contributed by atoms with Crippen molar-refractivity contribution in [2.45, 2.75) is 345 Å². The van der Waals surface area contributed by atoms with Crippen LogP contribution >= 0.6 is 0 Å². The van der Waals surface area contributed by atoms with Crippen LogP contribution in [-0.2, 0) is 94.9 Å². The molecule has 1 amide bonds. The molecule has 3 saturated carbocycles. The number of ether oxygens (including phenoxy) is 18. The van der Waals surface area contributed by atoms with E-state index >= 15 is 0 Å². The highest BCUT2D eigenvalue weighted by molar-refractivity contribution is 5.78. The smallest absolute Gasteiger partial charge is 0.246 e. The second kappa shape index (κ2) is 52.7. The van der Waals surface area contributed by atoms with Gasteiger partial charge in [-0.05, 0) is 49.9 Å². The highest BCUT2D eigenvalue weighted by atomic mass is 16.8. The Morgan fingerprint density at radius 3 is 0.889 bits per heavy atom. The summed E-state index contributed by atoms with van der Waals surface area (Å²) in [5.41, 5.74) is 95.8. The van der Waals surface area contributed by atoms with Gasteiger partial charge in [0.25, 0.3) is 0 Å². The number of carbonyl (C=O) groups is 2. The van der Waals surface area contributed by atoms with Gasteiger partial charge in [-0.2, -0.15) is 0 Å². The monoisotopic (exact) mass is 1960 g/mol. The van der Waals surface area contributed by atoms with Gasteiger partial charge < -0.3 is 264 Å². The molecule has 0 aromatic carbocycles. The van der Waals surface area contributed by atoms with Crippen LogP contribution < -0.4 is 91.7 Å². The SMILES string of the molecule is NCCN(O)C(=O)C[C@@H]1C[C@H](N)[C@@H](O[C@H]2O[C@H](CN)C=C[C@H]2N)[C@H](O[C@@H]2O[C@H](CO)[C@@H](O[C@H]3O[C@@H](CN)[C@@H](O)[C@H](O)[C@H]3N)[C@H]2O)[C@H]1O.NC[C@@H]1O[C@H](O[C@H]2[C@@H](O)[C@H](O[C@@H]3[C@@H](O)[C@H](CC(=O)CCO)C[C@H](N)[C@H]3O[C@H]3O[C@H](CN)C=C[C@H]3N)O[C@@H]2CO)[C@H](N)[C@@H](O)[C@@H]1O.NC[C@@H]1O[C@H](O[C@H]2[C@@H](O)[C@H](O[C@@H]3[C@@H](O)[C@H](CCCO)C[C@H](N)[C@H]3O[C@H]3O[C@H](CN)C=C[C@H]3N)O[C@@H]2CO)[C@H](N)[C@@H](O)[C@@H]1O. The largest absolute Gasteiger partial charge is 0.396 e. The van der Waals surface area contributed by atoms with Crippen LogP contribution in [0.4, 0.5) is 0 Å². The summed E-state index contributed by atoms with van der Waals surface area (Å²) < 4.78 is 106. The molecule has 12 aliphatic rings. The normalized spacial score (nSPS) is 47.2. The molecular formula is C80H149N17O38. The topological polar surface area (TPSA) is 984 Å². The van der Waals surface area contributed by atoms with Crippen molar-refractivity contribution in [3.8, 4) is 0 Å². The summed E-state index contributed by atoms with van der Waals surface area (Å²) in [6.45, 7) is -2.46. The lowest BCUT2D eigenvalue weighted by Crippen LogP contribution is -2.64. The summed E-state index contributed by atoms with van der Waals surface area (Å²) in [5, 5.41) is 189. The number of hydrogen-bond donors (Lipinski definition) is 34. The minimum Gasteiger partial charge on any atom is -0.396 e. The molecule has 6 saturated heterocycles. The van der Waals surface area contributed by atoms with Gasteiger partial charge in [-0.1, -0.05) is 36.5 Å². The van der Waals surface area contributed by atoms with E-state index in [1.54, 1.807) is 36.5 Å². The maximum absolute atomic E-state index is 12.7. The molecule has 0 bridgehead atoms. The number of nitrogens with zero attached hydrogens (tertiary/aromatic N) is 1. The fourth-order valence-corrected chi connectivity index (χ4v) is 18.5. The number of aliphatic hydroxyl groups is 17. The molecule has 9 fully saturated rings. The Morgan fingerprint density at radius 1 is 0.311 bits per heavy atom. The predicted octanol–water partition coefficient (Wildman–Crippen LogP) is -19.6. The molecule has 782 valence electrons. The maximum Gasteiger partial charge on any atom is 0.246 e. The van der Waals surface area contributed by atoms with Crippen molar-refractivity contribution >= 4 is 11.7 Å². The molecular weight excluding hydrogens is 1810 g/mol. The number of rotatable bonds is 38. The molecule has 9 heterocycles. The number of carbonyl (C=O) groups excluding carboxylic acids is 2. The molecule has 50 N–H and O–H groups in total. The maximum atomic E-state index is 12.7. The molecule has 55 nitrogen and oxygen atoms in total. The second-order valence-electron chi connectivity index (χ2n) is 35.8. The minimum atomic E-state index is -1.63. The van der Waals surface area contributed by atoms with E-state index in [0.717, 1.165) is 0 Å². The highest BCUT2D eigenvalue weighted by Crippen LogP contribution is 2.43. The third-order valence-electron chi connectivity index (χ3n) is 26.3. The van der Waals surface area contributed by atoms with Crippen LogP contribution in [0.25, 0.3) is 0 Å². The van der Waals surface area contributed by atoms with Crippen LogP contribution in [-0.4, -0.2) is 488 Å². The number of nitrogens with two attached hydrogens (primary N) is 16. The summed E-state index contributed by atoms with van der Waals surface area (Å²) in [4.78, 5) is 25.1. The standard InChI is InChI=1S/C27H51N7O13.C27H49N5O13.C26H49N5O12/c28-3-4-34(41)16(36)6-10-5-13(32)22(45-25-12(31)2-1-11(7-29)42-25)24(18(10)37)47-27-21(40)23(15(9-35)44-27)46-26-17(33)20(39)19(38)14(8-30)43-26;28-7-12-1-2-13(30)25(40-12)43-22-14(31)6-10(5-11(35)3-4-33)18(36)24(22)45-27-21(39)23(16(9-34)42-27)44-26-17(32)20(38)19(37)15(8-29)41-26;27-7-11-3-4-12(29)24(38-11)41-21-13(30)6-10(2-1-5-32)17(34)23(21)43-26-20(37)22(15(9-33)40-26)42-25-16(31)19(36)18(35)14(8-28)39-25/h1-2,10-15,17-27,35,37-41H,3-9,28-33H2;1-2,10,12-27,33-34,36-39H,3-9,28-32H2;3-4,10-26,32-37H,1-2,5-9,27-31H2/t10-,11-,12+,13-,14-,15+,17+,18-,19+,20+,21+,22+,23+,24+,25+,26+,27-;10-,12+,13-,14+,15+,16-,17-,18+,19-,20-,21-,22-,23-,24-,25-,26-,27+;10-,11+,12-,13+,14+,15-,16-,17+,18-,19-,20-,21-,22-,23-,24-,25-,26+/m011/s1. The number of ketones is 1. The van der Waals surface area contributed by atoms with Crippen molar-refractivity contribution in [3.63, 3.8) is 0 Å². The first-order chi connectivity index (χ1) is 64.3. The number of Topliss-reactive ketones (excluding diaryl/α,β-unsaturated/α-hetero) is 1. The van der Waals surface area contributed by atoms with Crippen molar-refractivity contribution in [2.75, 3.05) is 85.4 Å². The summed E-state index contributed by atoms with van der Waals surface area (Å²) in [6.07, 6.45) is -36.7. The average Bonchev–Trinajstić information content (AvgIpc) is 1.71. The van der Waals surface area contributed by atoms with E-state index in [9.17, 15) is 102 Å². The molecule has 0 unspecified atom stereocenters. The van der Waals surface area contributed by atoms with E-state index in [0.29, 0.717) is 24.3 Å². The van der Waals surface area contributed by atoms with Gasteiger partial charge in [0.1, 0.15) is 152 Å². The summed E-state index contributed by atoms with van der Waals surface area (Å²) >= 11 is 0. The van der Waals surface area contributed by atoms with Gasteiger partial charge in [0.15, 0.2) is 56.6 Å². The van der Waals surface area contributed by atoms with E-state index in [-0.39, 0.29) is 109 Å². The Labute approximate surface area is 777 Å². The number of hydrogen-bond acceptors (Lipinski definition) is 54. The van der Waals surface area contributed by atoms with Gasteiger partial charge in [0.2, 0.25) is 5.91 Å². The van der Waals surface area contributed by atoms with Crippen LogP contribution in [0, 0.1) is 17.8 Å². The van der Waals surface area contributed by atoms with Gasteiger partial charge >= 0.3 is 0 Å². The third-order valence-corrected chi connectivity index (χ3v) is 26.3. The second-order valence-corrected chi connectivity index (χ2v) is 35.8. The Kier molecular flexibility index (Phi) is 44.2. The van der Waals surface area contributed by atoms with Crippen LogP contribution in [0.5, 0.6) is 0 Å². The van der Waals surface area contributed by atoms with E-state index in [4.69, 9.17) is 177 Å². The molecule has 9 aliphatic heterocycles. The zero-order chi connectivity index (χ0) is 99.0. The molecule has 3 aliphatic carbocycles. The van der Waals surface area contributed by atoms with Crippen molar-refractivity contribution in [2.24, 2.45) is 109 Å². The van der Waals surface area contributed by atoms with Crippen molar-refractivity contribution in [3.05, 3.63) is 36.5 Å². The van der Waals surface area contributed by atoms with Crippen LogP contribution in [0.2, 0.25) is 0 Å². The molecule has 12 rings (SSSR count). The lowest BCUT2D eigenvalue weighted by Gasteiger charge is -2.46. The molecule has 0 spiro atoms. The van der Waals surface area contributed by atoms with E-state index in [1.165, 1.54) is 0 Å². The van der Waals surface area contributed by atoms with E-state index in [1.807, 2.05) is 0 Å².